The average molecular weight is 257 g/mol. The summed E-state index contributed by atoms with van der Waals surface area (Å²) < 4.78 is 0. The Morgan fingerprint density at radius 2 is 0.722 bits per heavy atom. The highest BCUT2D eigenvalue weighted by atomic mass is 15.6. The molecule has 0 aliphatic heterocycles. The van der Waals surface area contributed by atoms with Crippen molar-refractivity contribution in [2.45, 2.75) is 60.7 Å². The molecule has 0 saturated carbocycles. The van der Waals surface area contributed by atoms with Crippen LogP contribution in [0, 0.1) is 0 Å². The van der Waals surface area contributed by atoms with Crippen LogP contribution in [0.25, 0.3) is 0 Å². The van der Waals surface area contributed by atoms with Crippen molar-refractivity contribution >= 4 is 0 Å². The largest absolute Gasteiger partial charge is 0.273 e. The molecule has 0 saturated heterocycles. The maximum absolute atomic E-state index is 2.62. The topological polar surface area (TPSA) is 9.72 Å². The molecule has 0 aromatic heterocycles. The van der Waals surface area contributed by atoms with Crippen molar-refractivity contribution in [3.8, 4) is 0 Å². The summed E-state index contributed by atoms with van der Waals surface area (Å²) in [6.07, 6.45) is 1.15. The molecule has 0 aliphatic rings. The maximum atomic E-state index is 2.62. The van der Waals surface area contributed by atoms with Crippen molar-refractivity contribution in [1.82, 2.24) is 14.7 Å². The molecule has 0 amide bonds. The lowest BCUT2D eigenvalue weighted by Crippen LogP contribution is -2.69. The molecule has 0 radical (unpaired) electrons. The first-order valence-electron chi connectivity index (χ1n) is 7.87. The van der Waals surface area contributed by atoms with Crippen molar-refractivity contribution in [1.29, 1.82) is 0 Å². The van der Waals surface area contributed by atoms with Crippen LogP contribution in [0.1, 0.15) is 54.9 Å². The zero-order chi connectivity index (χ0) is 14.2. The summed E-state index contributed by atoms with van der Waals surface area (Å²) in [4.78, 5) is 7.85. The first kappa shape index (κ1) is 17.9. The second kappa shape index (κ2) is 8.89. The molecule has 3 nitrogen and oxygen atoms in total. The fourth-order valence-electron chi connectivity index (χ4n) is 3.46. The monoisotopic (exact) mass is 257 g/mol. The van der Waals surface area contributed by atoms with Gasteiger partial charge in [-0.1, -0.05) is 48.5 Å². The van der Waals surface area contributed by atoms with Crippen LogP contribution in [0.3, 0.4) is 0 Å². The molecule has 0 fully saturated rings. The Kier molecular flexibility index (Phi) is 8.83. The van der Waals surface area contributed by atoms with Crippen LogP contribution in [0.5, 0.6) is 0 Å². The number of hydrogen-bond acceptors (Lipinski definition) is 3. The van der Waals surface area contributed by atoms with E-state index >= 15 is 0 Å². The molecular weight excluding hydrogens is 222 g/mol. The van der Waals surface area contributed by atoms with Gasteiger partial charge in [0.1, 0.15) is 5.79 Å². The number of rotatable bonds is 10. The van der Waals surface area contributed by atoms with E-state index in [9.17, 15) is 0 Å². The van der Waals surface area contributed by atoms with Gasteiger partial charge in [-0.3, -0.25) is 14.7 Å². The van der Waals surface area contributed by atoms with Gasteiger partial charge in [0.2, 0.25) is 0 Å². The predicted octanol–water partition coefficient (Wildman–Crippen LogP) is 3.08. The van der Waals surface area contributed by atoms with Crippen LogP contribution in [-0.4, -0.2) is 59.8 Å². The van der Waals surface area contributed by atoms with Crippen LogP contribution in [-0.2, 0) is 0 Å². The molecule has 0 bridgehead atoms. The van der Waals surface area contributed by atoms with Crippen molar-refractivity contribution in [2.24, 2.45) is 0 Å². The van der Waals surface area contributed by atoms with E-state index in [1.54, 1.807) is 0 Å². The van der Waals surface area contributed by atoms with E-state index in [-0.39, 0.29) is 5.79 Å². The van der Waals surface area contributed by atoms with Crippen LogP contribution >= 0.6 is 0 Å². The van der Waals surface area contributed by atoms with Crippen molar-refractivity contribution in [3.63, 3.8) is 0 Å². The van der Waals surface area contributed by atoms with Gasteiger partial charge in [-0.25, -0.2) is 0 Å². The van der Waals surface area contributed by atoms with Gasteiger partial charge in [0.15, 0.2) is 0 Å². The molecule has 0 unspecified atom stereocenters. The highest BCUT2D eigenvalue weighted by Crippen LogP contribution is 2.28. The molecule has 0 aromatic carbocycles. The average Bonchev–Trinajstić information content (AvgIpc) is 2.41. The number of nitrogens with zero attached hydrogens (tertiary/aromatic N) is 3. The number of hydrogen-bond donors (Lipinski definition) is 0. The Bertz CT molecular complexity index is 163. The first-order chi connectivity index (χ1) is 8.62. The predicted molar refractivity (Wildman–Crippen MR) is 81.8 cm³/mol. The Balaban J connectivity index is 5.55. The van der Waals surface area contributed by atoms with Gasteiger partial charge >= 0.3 is 0 Å². The summed E-state index contributed by atoms with van der Waals surface area (Å²) in [5.74, 6) is 0.0938. The van der Waals surface area contributed by atoms with Gasteiger partial charge in [0.25, 0.3) is 0 Å². The molecule has 0 rings (SSSR count). The summed E-state index contributed by atoms with van der Waals surface area (Å²) in [5.41, 5.74) is 0. The van der Waals surface area contributed by atoms with E-state index in [1.807, 2.05) is 0 Å². The van der Waals surface area contributed by atoms with Crippen LogP contribution in [0.2, 0.25) is 0 Å². The molecule has 0 atom stereocenters. The van der Waals surface area contributed by atoms with E-state index in [0.29, 0.717) is 0 Å². The highest BCUT2D eigenvalue weighted by Gasteiger charge is 2.42. The van der Waals surface area contributed by atoms with Gasteiger partial charge in [0.05, 0.1) is 0 Å². The lowest BCUT2D eigenvalue weighted by Gasteiger charge is -2.55. The minimum atomic E-state index is 0.0938. The molecule has 18 heavy (non-hydrogen) atoms. The third-order valence-electron chi connectivity index (χ3n) is 4.28. The van der Waals surface area contributed by atoms with Crippen molar-refractivity contribution in [2.75, 3.05) is 39.3 Å². The van der Waals surface area contributed by atoms with E-state index in [2.05, 4.69) is 63.2 Å². The van der Waals surface area contributed by atoms with Gasteiger partial charge in [0, 0.05) is 0 Å². The Labute approximate surface area is 115 Å². The molecule has 0 aromatic rings. The Morgan fingerprint density at radius 1 is 0.500 bits per heavy atom. The third kappa shape index (κ3) is 3.25. The van der Waals surface area contributed by atoms with E-state index in [1.165, 1.54) is 0 Å². The summed E-state index contributed by atoms with van der Waals surface area (Å²) in [6, 6.07) is 0. The minimum absolute atomic E-state index is 0.0938. The lowest BCUT2D eigenvalue weighted by molar-refractivity contribution is -0.165. The quantitative estimate of drug-likeness (QED) is 0.557. The molecule has 0 N–H and O–H groups in total. The molecular formula is C15H35N3. The molecule has 0 spiro atoms. The normalized spacial score (nSPS) is 13.0. The maximum Gasteiger partial charge on any atom is 0.130 e. The second-order valence-electron chi connectivity index (χ2n) is 4.64. The Hall–Kier alpha value is -0.120. The highest BCUT2D eigenvalue weighted by molar-refractivity contribution is 4.88. The lowest BCUT2D eigenvalue weighted by atomic mass is 10.1. The third-order valence-corrected chi connectivity index (χ3v) is 4.28. The van der Waals surface area contributed by atoms with Gasteiger partial charge in [-0.15, -0.1) is 0 Å². The Morgan fingerprint density at radius 3 is 0.833 bits per heavy atom. The second-order valence-corrected chi connectivity index (χ2v) is 4.64. The van der Waals surface area contributed by atoms with Crippen LogP contribution < -0.4 is 0 Å². The SMILES string of the molecule is CCN(CC)C(CC)(N(CC)CC)N(CC)CC. The van der Waals surface area contributed by atoms with E-state index in [0.717, 1.165) is 45.7 Å². The van der Waals surface area contributed by atoms with Crippen molar-refractivity contribution < 1.29 is 0 Å². The zero-order valence-electron chi connectivity index (χ0n) is 13.8. The van der Waals surface area contributed by atoms with Gasteiger partial charge in [-0.2, -0.15) is 0 Å². The van der Waals surface area contributed by atoms with Crippen LogP contribution in [0.15, 0.2) is 0 Å². The van der Waals surface area contributed by atoms with Gasteiger partial charge < -0.3 is 0 Å². The fourth-order valence-corrected chi connectivity index (χ4v) is 3.46. The smallest absolute Gasteiger partial charge is 0.130 e. The first-order valence-corrected chi connectivity index (χ1v) is 7.87. The minimum Gasteiger partial charge on any atom is -0.273 e. The van der Waals surface area contributed by atoms with Gasteiger partial charge in [-0.05, 0) is 45.7 Å². The van der Waals surface area contributed by atoms with E-state index in [4.69, 9.17) is 0 Å². The summed E-state index contributed by atoms with van der Waals surface area (Å²) in [5, 5.41) is 0. The molecule has 0 heterocycles. The van der Waals surface area contributed by atoms with Crippen LogP contribution in [0.4, 0.5) is 0 Å². The standard InChI is InChI=1S/C15H35N3/c1-8-15(16(9-2)10-3,17(11-4)12-5)18(13-6)14-7/h8-14H2,1-7H3. The molecule has 3 heteroatoms. The van der Waals surface area contributed by atoms with Crippen molar-refractivity contribution in [3.05, 3.63) is 0 Å². The van der Waals surface area contributed by atoms with E-state index < -0.39 is 0 Å². The molecule has 0 aliphatic carbocycles. The molecule has 110 valence electrons. The summed E-state index contributed by atoms with van der Waals surface area (Å²) in [7, 11) is 0. The summed E-state index contributed by atoms with van der Waals surface area (Å²) in [6.45, 7) is 22.7. The fraction of sp³-hybridized carbons (Fsp3) is 1.00. The summed E-state index contributed by atoms with van der Waals surface area (Å²) >= 11 is 0. The zero-order valence-corrected chi connectivity index (χ0v) is 13.8.